The largest absolute Gasteiger partial charge is 0.376 e. The summed E-state index contributed by atoms with van der Waals surface area (Å²) in [6.07, 6.45) is 3.69. The van der Waals surface area contributed by atoms with E-state index in [1.807, 2.05) is 0 Å². The summed E-state index contributed by atoms with van der Waals surface area (Å²) in [5.74, 6) is 0.512. The molecular weight excluding hydrogens is 266 g/mol. The Balaban J connectivity index is 2.09. The van der Waals surface area contributed by atoms with Gasteiger partial charge in [0.15, 0.2) is 0 Å². The molecule has 1 aliphatic heterocycles. The zero-order valence-corrected chi connectivity index (χ0v) is 11.9. The summed E-state index contributed by atoms with van der Waals surface area (Å²) in [6.45, 7) is 1.37. The van der Waals surface area contributed by atoms with Gasteiger partial charge in [-0.2, -0.15) is 0 Å². The molecule has 1 aromatic heterocycles. The lowest BCUT2D eigenvalue weighted by Gasteiger charge is -2.21. The van der Waals surface area contributed by atoms with Crippen molar-refractivity contribution in [1.82, 2.24) is 9.88 Å². The maximum absolute atomic E-state index is 12.4. The Morgan fingerprint density at radius 2 is 2.47 bits per heavy atom. The average molecular weight is 284 g/mol. The highest BCUT2D eigenvalue weighted by atomic mass is 35.5. The van der Waals surface area contributed by atoms with Crippen LogP contribution in [0.2, 0.25) is 5.02 Å². The standard InChI is InChI=1S/C13H18ClN3O2/c1-15-12-6-10(11(14)7-16-12)13(18)17(2)8-9-4-3-5-19-9/h6-7,9H,3-5,8H2,1-2H3,(H,15,16). The Kier molecular flexibility index (Phi) is 4.61. The van der Waals surface area contributed by atoms with Crippen LogP contribution in [0.15, 0.2) is 12.3 Å². The van der Waals surface area contributed by atoms with Gasteiger partial charge in [-0.25, -0.2) is 4.98 Å². The molecule has 0 spiro atoms. The lowest BCUT2D eigenvalue weighted by molar-refractivity contribution is 0.0587. The van der Waals surface area contributed by atoms with Gasteiger partial charge in [0.05, 0.1) is 16.7 Å². The summed E-state index contributed by atoms with van der Waals surface area (Å²) >= 11 is 6.04. The predicted octanol–water partition coefficient (Wildman–Crippen LogP) is 2.03. The van der Waals surface area contributed by atoms with Crippen molar-refractivity contribution < 1.29 is 9.53 Å². The van der Waals surface area contributed by atoms with Crippen LogP contribution in [-0.4, -0.2) is 49.1 Å². The van der Waals surface area contributed by atoms with Crippen LogP contribution in [0.25, 0.3) is 0 Å². The predicted molar refractivity (Wildman–Crippen MR) is 74.7 cm³/mol. The molecule has 1 N–H and O–H groups in total. The molecule has 1 fully saturated rings. The second-order valence-electron chi connectivity index (χ2n) is 4.62. The first-order chi connectivity index (χ1) is 9.11. The van der Waals surface area contributed by atoms with Crippen LogP contribution in [0.1, 0.15) is 23.2 Å². The molecule has 2 heterocycles. The number of aromatic nitrogens is 1. The summed E-state index contributed by atoms with van der Waals surface area (Å²) in [7, 11) is 3.51. The van der Waals surface area contributed by atoms with E-state index in [1.54, 1.807) is 25.1 Å². The van der Waals surface area contributed by atoms with Crippen LogP contribution in [0, 0.1) is 0 Å². The van der Waals surface area contributed by atoms with Gasteiger partial charge in [-0.05, 0) is 18.9 Å². The fourth-order valence-electron chi connectivity index (χ4n) is 2.12. The monoisotopic (exact) mass is 283 g/mol. The van der Waals surface area contributed by atoms with E-state index in [0.29, 0.717) is 22.9 Å². The fourth-order valence-corrected chi connectivity index (χ4v) is 2.31. The molecule has 1 amide bonds. The SMILES string of the molecule is CNc1cc(C(=O)N(C)CC2CCCO2)c(Cl)cn1. The topological polar surface area (TPSA) is 54.5 Å². The zero-order chi connectivity index (χ0) is 13.8. The number of carbonyl (C=O) groups is 1. The van der Waals surface area contributed by atoms with Crippen LogP contribution in [-0.2, 0) is 4.74 Å². The van der Waals surface area contributed by atoms with Gasteiger partial charge in [0, 0.05) is 33.4 Å². The molecule has 104 valence electrons. The lowest BCUT2D eigenvalue weighted by atomic mass is 10.2. The van der Waals surface area contributed by atoms with E-state index < -0.39 is 0 Å². The quantitative estimate of drug-likeness (QED) is 0.919. The van der Waals surface area contributed by atoms with Crippen LogP contribution in [0.3, 0.4) is 0 Å². The minimum atomic E-state index is -0.112. The van der Waals surface area contributed by atoms with E-state index in [4.69, 9.17) is 16.3 Å². The lowest BCUT2D eigenvalue weighted by Crippen LogP contribution is -2.34. The maximum atomic E-state index is 12.4. The Morgan fingerprint density at radius 3 is 3.11 bits per heavy atom. The molecule has 6 heteroatoms. The molecule has 1 saturated heterocycles. The Hall–Kier alpha value is -1.33. The van der Waals surface area contributed by atoms with E-state index >= 15 is 0 Å². The number of nitrogens with one attached hydrogen (secondary N) is 1. The molecule has 0 aliphatic carbocycles. The number of nitrogens with zero attached hydrogens (tertiary/aromatic N) is 2. The molecule has 1 atom stereocenters. The van der Waals surface area contributed by atoms with Crippen LogP contribution < -0.4 is 5.32 Å². The number of ether oxygens (including phenoxy) is 1. The number of rotatable bonds is 4. The third-order valence-electron chi connectivity index (χ3n) is 3.19. The molecule has 0 saturated carbocycles. The molecule has 1 aromatic rings. The van der Waals surface area contributed by atoms with Crippen LogP contribution >= 0.6 is 11.6 Å². The normalized spacial score (nSPS) is 18.4. The second kappa shape index (κ2) is 6.21. The first-order valence-electron chi connectivity index (χ1n) is 6.32. The third-order valence-corrected chi connectivity index (χ3v) is 3.49. The molecular formula is C13H18ClN3O2. The van der Waals surface area contributed by atoms with Gasteiger partial charge >= 0.3 is 0 Å². The number of likely N-dealkylation sites (N-methyl/N-ethyl adjacent to an activating group) is 1. The van der Waals surface area contributed by atoms with Gasteiger partial charge in [0.25, 0.3) is 5.91 Å². The Bertz CT molecular complexity index is 461. The summed E-state index contributed by atoms with van der Waals surface area (Å²) in [6, 6.07) is 1.66. The Labute approximate surface area is 117 Å². The van der Waals surface area contributed by atoms with Crippen molar-refractivity contribution in [2.75, 3.05) is 32.6 Å². The van der Waals surface area contributed by atoms with Gasteiger partial charge in [0.1, 0.15) is 5.82 Å². The number of halogens is 1. The zero-order valence-electron chi connectivity index (χ0n) is 11.1. The van der Waals surface area contributed by atoms with E-state index in [1.165, 1.54) is 6.20 Å². The van der Waals surface area contributed by atoms with Crippen molar-refractivity contribution in [3.63, 3.8) is 0 Å². The first-order valence-corrected chi connectivity index (χ1v) is 6.70. The molecule has 19 heavy (non-hydrogen) atoms. The van der Waals surface area contributed by atoms with E-state index in [0.717, 1.165) is 19.4 Å². The second-order valence-corrected chi connectivity index (χ2v) is 5.03. The van der Waals surface area contributed by atoms with Crippen molar-refractivity contribution in [3.05, 3.63) is 22.8 Å². The summed E-state index contributed by atoms with van der Waals surface area (Å²) in [4.78, 5) is 18.1. The number of hydrogen-bond donors (Lipinski definition) is 1. The average Bonchev–Trinajstić information content (AvgIpc) is 2.91. The van der Waals surface area contributed by atoms with Gasteiger partial charge in [-0.3, -0.25) is 4.79 Å². The highest BCUT2D eigenvalue weighted by molar-refractivity contribution is 6.33. The van der Waals surface area contributed by atoms with Gasteiger partial charge < -0.3 is 15.0 Å². The first kappa shape index (κ1) is 14.1. The molecule has 0 radical (unpaired) electrons. The number of anilines is 1. The van der Waals surface area contributed by atoms with Gasteiger partial charge in [-0.1, -0.05) is 11.6 Å². The summed E-state index contributed by atoms with van der Waals surface area (Å²) < 4.78 is 5.53. The smallest absolute Gasteiger partial charge is 0.255 e. The van der Waals surface area contributed by atoms with E-state index in [9.17, 15) is 4.79 Å². The van der Waals surface area contributed by atoms with Crippen molar-refractivity contribution in [3.8, 4) is 0 Å². The molecule has 1 aliphatic rings. The number of hydrogen-bond acceptors (Lipinski definition) is 4. The van der Waals surface area contributed by atoms with Crippen LogP contribution in [0.5, 0.6) is 0 Å². The molecule has 5 nitrogen and oxygen atoms in total. The van der Waals surface area contributed by atoms with Crippen molar-refractivity contribution in [2.24, 2.45) is 0 Å². The van der Waals surface area contributed by atoms with E-state index in [-0.39, 0.29) is 12.0 Å². The molecule has 1 unspecified atom stereocenters. The number of pyridine rings is 1. The van der Waals surface area contributed by atoms with E-state index in [2.05, 4.69) is 10.3 Å². The summed E-state index contributed by atoms with van der Waals surface area (Å²) in [5, 5.41) is 3.26. The van der Waals surface area contributed by atoms with Gasteiger partial charge in [0.2, 0.25) is 0 Å². The van der Waals surface area contributed by atoms with Crippen LogP contribution in [0.4, 0.5) is 5.82 Å². The molecule has 0 bridgehead atoms. The van der Waals surface area contributed by atoms with Gasteiger partial charge in [-0.15, -0.1) is 0 Å². The summed E-state index contributed by atoms with van der Waals surface area (Å²) in [5.41, 5.74) is 0.460. The molecule has 2 rings (SSSR count). The minimum Gasteiger partial charge on any atom is -0.376 e. The number of carbonyl (C=O) groups excluding carboxylic acids is 1. The highest BCUT2D eigenvalue weighted by Gasteiger charge is 2.22. The molecule has 0 aromatic carbocycles. The van der Waals surface area contributed by atoms with Crippen molar-refractivity contribution >= 4 is 23.3 Å². The van der Waals surface area contributed by atoms with Crippen molar-refractivity contribution in [1.29, 1.82) is 0 Å². The maximum Gasteiger partial charge on any atom is 0.255 e. The highest BCUT2D eigenvalue weighted by Crippen LogP contribution is 2.20. The minimum absolute atomic E-state index is 0.112. The number of amides is 1. The Morgan fingerprint density at radius 1 is 1.68 bits per heavy atom. The fraction of sp³-hybridized carbons (Fsp3) is 0.538. The van der Waals surface area contributed by atoms with Crippen molar-refractivity contribution in [2.45, 2.75) is 18.9 Å². The third kappa shape index (κ3) is 3.36.